The molecule has 556 valence electrons. The number of carboxylic acids is 2. The van der Waals surface area contributed by atoms with Gasteiger partial charge in [0.2, 0.25) is 0 Å². The van der Waals surface area contributed by atoms with Crippen LogP contribution in [0.15, 0.2) is 317 Å². The molecule has 0 aliphatic heterocycles. The molecule has 0 aliphatic carbocycles. The Morgan fingerprint density at radius 3 is 0.846 bits per heavy atom. The van der Waals surface area contributed by atoms with Crippen molar-refractivity contribution in [3.05, 3.63) is 405 Å². The Morgan fingerprint density at radius 2 is 0.644 bits per heavy atom. The van der Waals surface area contributed by atoms with Crippen LogP contribution in [0.1, 0.15) is 41.2 Å². The second kappa shape index (κ2) is 67.1. The zero-order valence-electron chi connectivity index (χ0n) is 54.8. The van der Waals surface area contributed by atoms with Crippen molar-refractivity contribution in [3.8, 4) is 22.4 Å². The van der Waals surface area contributed by atoms with Gasteiger partial charge in [-0.2, -0.15) is 30.3 Å². The molecule has 0 saturated heterocycles. The molecule has 4 N–H and O–H groups in total. The molecule has 0 saturated carbocycles. The number of hydrogen-bond acceptors (Lipinski definition) is 11. The summed E-state index contributed by atoms with van der Waals surface area (Å²) >= 11 is 0. The van der Waals surface area contributed by atoms with E-state index >= 15 is 0 Å². The molecule has 0 spiro atoms. The van der Waals surface area contributed by atoms with Crippen LogP contribution in [-0.4, -0.2) is 79.5 Å². The van der Waals surface area contributed by atoms with Gasteiger partial charge in [-0.1, -0.05) is 66.2 Å². The van der Waals surface area contributed by atoms with E-state index in [0.717, 1.165) is 71.4 Å². The van der Waals surface area contributed by atoms with Gasteiger partial charge in [-0.05, 0) is 117 Å². The fraction of sp³-hybridized carbons (Fsp3) is 0.0641. The minimum absolute atomic E-state index is 0. The molecule has 26 heteroatoms. The fourth-order valence-electron chi connectivity index (χ4n) is 6.30. The van der Waals surface area contributed by atoms with Gasteiger partial charge in [0, 0.05) is 210 Å². The van der Waals surface area contributed by atoms with Crippen molar-refractivity contribution in [3.63, 3.8) is 0 Å². The zero-order valence-corrected chi connectivity index (χ0v) is 66.6. The second-order valence-electron chi connectivity index (χ2n) is 18.6. The molecule has 7 aromatic heterocycles. The second-order valence-corrected chi connectivity index (χ2v) is 18.6. The van der Waals surface area contributed by atoms with Crippen LogP contribution >= 0.6 is 0 Å². The maximum atomic E-state index is 12.8. The standard InChI is InChI=1S/C12H7F2.C11H8N.3C6H3F2.2C6H5NO2.4C5H5N.C5H12O2.4Ir.Pt/c13-11-6-4-9(5-7-11)10-2-1-3-12(14)8-10;1-2-6-10(7-3-1)11-8-4-5-9-12-11;3*7-5-2-1-3-6(8)4-5;2*8-6(9)5-3-1-2-4-7-5;4*1-2-4-6-5-3-1;1-4(6)3-5(2)7;;;;;/h2-8H;1-6,8-9H;3*2-4H;2*1-4H,(H,8,9);4*1-5H;4-7H,3H2,1-2H3;;;;;/q5*-1;;;;;;;;;;;;. The number of aliphatic hydroxyl groups is 2. The molecule has 0 amide bonds. The first-order valence-electron chi connectivity index (χ1n) is 29.1. The SMILES string of the molecule is CC(O)CC(C)O.Fc1c[c-]cc(F)c1.Fc1c[c-]cc(F)c1.Fc1c[c-]cc(F)c1.Fc1ccc(-c2c[c-]cc(F)c2)cc1.O=C(O)c1ccccn1.O=C(O)c1ccccn1.[Ir].[Ir].[Ir].[Ir].[Pt].[c-]1ccccc1-c1ccccn1.c1ccncc1.c1ccncc1.c1ccncc1.c1ccncc1. The minimum Gasteiger partial charge on any atom is -0.477 e. The number of carboxylic acid groups (broad SMARTS) is 2. The van der Waals surface area contributed by atoms with Crippen molar-refractivity contribution in [2.45, 2.75) is 32.5 Å². The van der Waals surface area contributed by atoms with Gasteiger partial charge in [0.25, 0.3) is 0 Å². The van der Waals surface area contributed by atoms with Crippen LogP contribution in [0, 0.1) is 76.9 Å². The summed E-state index contributed by atoms with van der Waals surface area (Å²) in [6.45, 7) is 3.32. The first-order chi connectivity index (χ1) is 47.8. The van der Waals surface area contributed by atoms with Gasteiger partial charge in [-0.3, -0.25) is 50.7 Å². The molecule has 2 atom stereocenters. The van der Waals surface area contributed by atoms with Crippen molar-refractivity contribution in [2.75, 3.05) is 0 Å². The smallest absolute Gasteiger partial charge is 0.354 e. The molecule has 2 unspecified atom stereocenters. The number of aromatic nitrogens is 7. The third-order valence-corrected chi connectivity index (χ3v) is 10.5. The summed E-state index contributed by atoms with van der Waals surface area (Å²) in [6.07, 6.45) is 18.4. The summed E-state index contributed by atoms with van der Waals surface area (Å²) in [6, 6.07) is 77.8. The maximum Gasteiger partial charge on any atom is 0.354 e. The Hall–Kier alpha value is -9.04. The van der Waals surface area contributed by atoms with Gasteiger partial charge in [0.1, 0.15) is 17.2 Å². The van der Waals surface area contributed by atoms with E-state index < -0.39 is 46.8 Å². The first kappa shape index (κ1) is 101. The van der Waals surface area contributed by atoms with E-state index in [-0.39, 0.29) is 137 Å². The van der Waals surface area contributed by atoms with Crippen LogP contribution < -0.4 is 0 Å². The molecule has 0 aliphatic rings. The van der Waals surface area contributed by atoms with Crippen molar-refractivity contribution in [1.29, 1.82) is 0 Å². The van der Waals surface area contributed by atoms with Crippen LogP contribution in [0.3, 0.4) is 0 Å². The molecule has 6 aromatic carbocycles. The summed E-state index contributed by atoms with van der Waals surface area (Å²) < 4.78 is 96.8. The summed E-state index contributed by atoms with van der Waals surface area (Å²) in [5, 5.41) is 33.8. The fourth-order valence-corrected chi connectivity index (χ4v) is 6.30. The summed E-state index contributed by atoms with van der Waals surface area (Å²) in [5.41, 5.74) is 3.65. The molecular weight excluding hydrogens is 2250 g/mol. The van der Waals surface area contributed by atoms with Gasteiger partial charge < -0.3 is 25.4 Å². The molecule has 104 heavy (non-hydrogen) atoms. The largest absolute Gasteiger partial charge is 0.477 e. The van der Waals surface area contributed by atoms with E-state index in [1.807, 2.05) is 115 Å². The molecule has 0 fully saturated rings. The quantitative estimate of drug-likeness (QED) is 0.0904. The number of halogens is 8. The van der Waals surface area contributed by atoms with Gasteiger partial charge >= 0.3 is 11.9 Å². The van der Waals surface area contributed by atoms with Crippen LogP contribution in [0.4, 0.5) is 35.1 Å². The molecule has 7 heterocycles. The zero-order chi connectivity index (χ0) is 72.4. The average Bonchev–Trinajstić information content (AvgIpc) is 0.858. The molecule has 4 radical (unpaired) electrons. The van der Waals surface area contributed by atoms with Crippen molar-refractivity contribution in [2.24, 2.45) is 0 Å². The number of pyridine rings is 7. The van der Waals surface area contributed by atoms with E-state index in [2.05, 4.69) is 65.2 Å². The monoisotopic (exact) mass is 2320 g/mol. The predicted molar refractivity (Wildman–Crippen MR) is 362 cm³/mol. The maximum absolute atomic E-state index is 12.8. The number of aliphatic hydroxyl groups excluding tert-OH is 2. The number of rotatable bonds is 6. The van der Waals surface area contributed by atoms with Crippen LogP contribution in [0.5, 0.6) is 0 Å². The van der Waals surface area contributed by atoms with E-state index in [1.165, 1.54) is 48.8 Å². The Labute approximate surface area is 667 Å². The summed E-state index contributed by atoms with van der Waals surface area (Å²) in [5.74, 6) is -6.17. The van der Waals surface area contributed by atoms with Crippen molar-refractivity contribution < 1.29 is 167 Å². The Balaban J connectivity index is -0.000000527. The number of hydrogen-bond donors (Lipinski definition) is 4. The molecule has 0 bridgehead atoms. The van der Waals surface area contributed by atoms with E-state index in [1.54, 1.807) is 112 Å². The first-order valence-corrected chi connectivity index (χ1v) is 29.1. The van der Waals surface area contributed by atoms with Crippen molar-refractivity contribution in [1.82, 2.24) is 34.9 Å². The minimum atomic E-state index is -0.990. The topological polar surface area (TPSA) is 205 Å². The predicted octanol–water partition coefficient (Wildman–Crippen LogP) is 17.3. The Kier molecular flexibility index (Phi) is 65.4. The Bertz CT molecular complexity index is 3610. The van der Waals surface area contributed by atoms with Crippen LogP contribution in [0.2, 0.25) is 0 Å². The third kappa shape index (κ3) is 57.5. The van der Waals surface area contributed by atoms with Gasteiger partial charge in [0.05, 0.1) is 12.2 Å². The summed E-state index contributed by atoms with van der Waals surface area (Å²) in [4.78, 5) is 46.8. The van der Waals surface area contributed by atoms with E-state index in [4.69, 9.17) is 20.4 Å². The number of aromatic carboxylic acids is 2. The molecular formula is C78H66F8Ir4N7O6Pt-5. The summed E-state index contributed by atoms with van der Waals surface area (Å²) in [7, 11) is 0. The number of benzene rings is 6. The molecule has 13 rings (SSSR count). The Morgan fingerprint density at radius 1 is 0.346 bits per heavy atom. The van der Waals surface area contributed by atoms with Gasteiger partial charge in [-0.15, -0.1) is 108 Å². The van der Waals surface area contributed by atoms with Gasteiger partial charge in [-0.25, -0.2) is 23.9 Å². The average molecular weight is 2310 g/mol. The molecule has 13 aromatic rings. The van der Waals surface area contributed by atoms with Gasteiger partial charge in [0.15, 0.2) is 0 Å². The number of nitrogens with zero attached hydrogens (tertiary/aromatic N) is 7. The third-order valence-electron chi connectivity index (χ3n) is 10.5. The molecule has 13 nitrogen and oxygen atoms in total. The van der Waals surface area contributed by atoms with Crippen LogP contribution in [0.25, 0.3) is 22.4 Å². The van der Waals surface area contributed by atoms with E-state index in [9.17, 15) is 44.7 Å². The normalized spacial score (nSPS) is 9.27. The van der Waals surface area contributed by atoms with E-state index in [0.29, 0.717) is 12.0 Å². The number of carbonyl (C=O) groups is 2. The van der Waals surface area contributed by atoms with Crippen molar-refractivity contribution >= 4 is 11.9 Å². The van der Waals surface area contributed by atoms with Crippen LogP contribution in [-0.2, 0) is 101 Å².